The first-order chi connectivity index (χ1) is 6.77. The lowest BCUT2D eigenvalue weighted by molar-refractivity contribution is 0.898. The highest BCUT2D eigenvalue weighted by molar-refractivity contribution is 7.11. The Morgan fingerprint density at radius 3 is 2.73 bits per heavy atom. The fraction of sp³-hybridized carbons (Fsp3) is 0.182. The lowest BCUT2D eigenvalue weighted by Crippen LogP contribution is -1.88. The number of rotatable bonds is 2. The van der Waals surface area contributed by atoms with Crippen molar-refractivity contribution in [1.82, 2.24) is 9.55 Å². The number of aryl methyl sites for hydroxylation is 2. The molecule has 0 aromatic carbocycles. The highest BCUT2D eigenvalue weighted by Crippen LogP contribution is 2.18. The first-order valence-electron chi connectivity index (χ1n) is 4.47. The molecule has 0 aliphatic rings. The van der Waals surface area contributed by atoms with Gasteiger partial charge in [0.1, 0.15) is 5.82 Å². The van der Waals surface area contributed by atoms with E-state index in [-0.39, 0.29) is 12.4 Å². The molecule has 2 rings (SSSR count). The molecule has 2 aromatic rings. The van der Waals surface area contributed by atoms with Crippen molar-refractivity contribution < 1.29 is 0 Å². The van der Waals surface area contributed by atoms with Crippen molar-refractivity contribution in [3.63, 3.8) is 0 Å². The molecule has 0 N–H and O–H groups in total. The zero-order chi connectivity index (χ0) is 9.97. The maximum absolute atomic E-state index is 4.23. The van der Waals surface area contributed by atoms with Gasteiger partial charge in [0.2, 0.25) is 0 Å². The van der Waals surface area contributed by atoms with E-state index in [9.17, 15) is 0 Å². The van der Waals surface area contributed by atoms with Crippen molar-refractivity contribution >= 4 is 35.9 Å². The summed E-state index contributed by atoms with van der Waals surface area (Å²) in [7, 11) is 1.99. The third kappa shape index (κ3) is 2.70. The quantitative estimate of drug-likeness (QED) is 0.787. The molecule has 0 spiro atoms. The van der Waals surface area contributed by atoms with Gasteiger partial charge in [-0.05, 0) is 36.1 Å². The van der Waals surface area contributed by atoms with Crippen LogP contribution < -0.4 is 0 Å². The van der Waals surface area contributed by atoms with Crippen molar-refractivity contribution in [2.24, 2.45) is 7.05 Å². The van der Waals surface area contributed by atoms with E-state index < -0.39 is 0 Å². The maximum Gasteiger partial charge on any atom is 0.132 e. The SMILES string of the molecule is Cc1ccsc1C=Cc1nccn1C.Cl. The van der Waals surface area contributed by atoms with Crippen LogP contribution in [0, 0.1) is 6.92 Å². The van der Waals surface area contributed by atoms with E-state index >= 15 is 0 Å². The van der Waals surface area contributed by atoms with E-state index in [1.165, 1.54) is 10.4 Å². The second kappa shape index (κ2) is 5.14. The lowest BCUT2D eigenvalue weighted by atomic mass is 10.3. The Labute approximate surface area is 99.7 Å². The molecule has 4 heteroatoms. The molecule has 0 unspecified atom stereocenters. The summed E-state index contributed by atoms with van der Waals surface area (Å²) in [6, 6.07) is 2.13. The van der Waals surface area contributed by atoms with E-state index in [4.69, 9.17) is 0 Å². The van der Waals surface area contributed by atoms with Crippen molar-refractivity contribution in [3.05, 3.63) is 40.1 Å². The molecule has 0 atom stereocenters. The minimum Gasteiger partial charge on any atom is -0.335 e. The number of nitrogens with zero attached hydrogens (tertiary/aromatic N) is 2. The van der Waals surface area contributed by atoms with Crippen LogP contribution in [0.4, 0.5) is 0 Å². The molecule has 0 amide bonds. The van der Waals surface area contributed by atoms with Crippen LogP contribution in [0.1, 0.15) is 16.3 Å². The van der Waals surface area contributed by atoms with Crippen LogP contribution in [-0.2, 0) is 7.05 Å². The van der Waals surface area contributed by atoms with E-state index in [1.54, 1.807) is 17.5 Å². The number of imidazole rings is 1. The van der Waals surface area contributed by atoms with Gasteiger partial charge in [-0.2, -0.15) is 0 Å². The molecule has 0 saturated heterocycles. The van der Waals surface area contributed by atoms with Gasteiger partial charge in [0.05, 0.1) is 0 Å². The predicted octanol–water partition coefficient (Wildman–Crippen LogP) is 3.38. The molecule has 0 saturated carbocycles. The zero-order valence-electron chi connectivity index (χ0n) is 8.68. The topological polar surface area (TPSA) is 17.8 Å². The molecule has 15 heavy (non-hydrogen) atoms. The molecule has 0 fully saturated rings. The van der Waals surface area contributed by atoms with Crippen LogP contribution in [0.2, 0.25) is 0 Å². The molecule has 2 nitrogen and oxygen atoms in total. The summed E-state index contributed by atoms with van der Waals surface area (Å²) < 4.78 is 2.00. The Morgan fingerprint density at radius 1 is 1.40 bits per heavy atom. The van der Waals surface area contributed by atoms with Gasteiger partial charge < -0.3 is 4.57 Å². The van der Waals surface area contributed by atoms with Gasteiger partial charge in [-0.1, -0.05) is 0 Å². The van der Waals surface area contributed by atoms with Crippen LogP contribution in [0.5, 0.6) is 0 Å². The molecule has 0 aliphatic carbocycles. The Morgan fingerprint density at radius 2 is 2.20 bits per heavy atom. The summed E-state index contributed by atoms with van der Waals surface area (Å²) in [5, 5.41) is 2.10. The van der Waals surface area contributed by atoms with Crippen molar-refractivity contribution in [2.75, 3.05) is 0 Å². The Kier molecular flexibility index (Phi) is 4.12. The highest BCUT2D eigenvalue weighted by Gasteiger charge is 1.96. The molecular weight excluding hydrogens is 228 g/mol. The maximum atomic E-state index is 4.23. The second-order valence-electron chi connectivity index (χ2n) is 3.20. The van der Waals surface area contributed by atoms with E-state index in [0.29, 0.717) is 0 Å². The summed E-state index contributed by atoms with van der Waals surface area (Å²) in [5.41, 5.74) is 1.32. The van der Waals surface area contributed by atoms with Crippen molar-refractivity contribution in [3.8, 4) is 0 Å². The molecule has 2 aromatic heterocycles. The number of aromatic nitrogens is 2. The third-order valence-corrected chi connectivity index (χ3v) is 3.13. The summed E-state index contributed by atoms with van der Waals surface area (Å²) >= 11 is 1.75. The molecular formula is C11H13ClN2S. The lowest BCUT2D eigenvalue weighted by Gasteiger charge is -1.93. The van der Waals surface area contributed by atoms with Crippen molar-refractivity contribution in [2.45, 2.75) is 6.92 Å². The smallest absolute Gasteiger partial charge is 0.132 e. The zero-order valence-corrected chi connectivity index (χ0v) is 10.3. The number of hydrogen-bond acceptors (Lipinski definition) is 2. The average Bonchev–Trinajstić information content (AvgIpc) is 2.72. The fourth-order valence-electron chi connectivity index (χ4n) is 1.24. The van der Waals surface area contributed by atoms with Gasteiger partial charge in [0.15, 0.2) is 0 Å². The van der Waals surface area contributed by atoms with E-state index in [0.717, 1.165) is 5.82 Å². The normalized spacial score (nSPS) is 10.5. The minimum atomic E-state index is 0. The van der Waals surface area contributed by atoms with Crippen LogP contribution in [0.3, 0.4) is 0 Å². The van der Waals surface area contributed by atoms with Gasteiger partial charge in [0.25, 0.3) is 0 Å². The summed E-state index contributed by atoms with van der Waals surface area (Å²) in [6.07, 6.45) is 7.91. The fourth-order valence-corrected chi connectivity index (χ4v) is 2.06. The van der Waals surface area contributed by atoms with Crippen LogP contribution >= 0.6 is 23.7 Å². The number of hydrogen-bond donors (Lipinski definition) is 0. The molecule has 0 aliphatic heterocycles. The van der Waals surface area contributed by atoms with Gasteiger partial charge in [-0.25, -0.2) is 4.98 Å². The standard InChI is InChI=1S/C11H12N2S.ClH/c1-9-5-8-14-10(9)3-4-11-12-6-7-13(11)2;/h3-8H,1-2H3;1H. The average molecular weight is 241 g/mol. The summed E-state index contributed by atoms with van der Waals surface area (Å²) in [4.78, 5) is 5.52. The monoisotopic (exact) mass is 240 g/mol. The molecule has 0 radical (unpaired) electrons. The summed E-state index contributed by atoms with van der Waals surface area (Å²) in [6.45, 7) is 2.12. The number of thiophene rings is 1. The van der Waals surface area contributed by atoms with Crippen LogP contribution in [-0.4, -0.2) is 9.55 Å². The minimum absolute atomic E-state index is 0. The Hall–Kier alpha value is -1.06. The van der Waals surface area contributed by atoms with Gasteiger partial charge in [-0.15, -0.1) is 23.7 Å². The first kappa shape index (κ1) is 12.0. The van der Waals surface area contributed by atoms with Gasteiger partial charge >= 0.3 is 0 Å². The molecule has 0 bridgehead atoms. The van der Waals surface area contributed by atoms with Crippen molar-refractivity contribution in [1.29, 1.82) is 0 Å². The van der Waals surface area contributed by atoms with E-state index in [1.807, 2.05) is 23.9 Å². The number of halogens is 1. The largest absolute Gasteiger partial charge is 0.335 e. The van der Waals surface area contributed by atoms with Gasteiger partial charge in [-0.3, -0.25) is 0 Å². The molecule has 80 valence electrons. The van der Waals surface area contributed by atoms with Gasteiger partial charge in [0, 0.05) is 24.3 Å². The highest BCUT2D eigenvalue weighted by atomic mass is 35.5. The van der Waals surface area contributed by atoms with E-state index in [2.05, 4.69) is 29.4 Å². The summed E-state index contributed by atoms with van der Waals surface area (Å²) in [5.74, 6) is 0.984. The van der Waals surface area contributed by atoms with Crippen LogP contribution in [0.25, 0.3) is 12.2 Å². The Balaban J connectivity index is 0.00000112. The molecule has 2 heterocycles. The second-order valence-corrected chi connectivity index (χ2v) is 4.15. The third-order valence-electron chi connectivity index (χ3n) is 2.14. The van der Waals surface area contributed by atoms with Crippen LogP contribution in [0.15, 0.2) is 23.8 Å². The first-order valence-corrected chi connectivity index (χ1v) is 5.35. The Bertz CT molecular complexity index is 414. The predicted molar refractivity (Wildman–Crippen MR) is 68.4 cm³/mol.